The van der Waals surface area contributed by atoms with Crippen LogP contribution >= 0.6 is 0 Å². The Kier molecular flexibility index (Phi) is 6.78. The molecule has 7 nitrogen and oxygen atoms in total. The maximum Gasteiger partial charge on any atom is 0.298 e. The number of benzene rings is 2. The minimum Gasteiger partial charge on any atom is -0.368 e. The number of Topliss-reactive ketones (excluding diaryl/α,β-unsaturated/α-hetero) is 1. The molecule has 0 spiro atoms. The first kappa shape index (κ1) is 25.4. The van der Waals surface area contributed by atoms with Gasteiger partial charge in [0.15, 0.2) is 0 Å². The number of pyridine rings is 2. The average molecular weight is 530 g/mol. The van der Waals surface area contributed by atoms with Crippen LogP contribution in [0.2, 0.25) is 0 Å². The first-order valence-corrected chi connectivity index (χ1v) is 13.5. The summed E-state index contributed by atoms with van der Waals surface area (Å²) in [6.45, 7) is 7.62. The first-order chi connectivity index (χ1) is 19.5. The molecule has 1 aliphatic heterocycles. The monoisotopic (exact) mass is 529 g/mol. The van der Waals surface area contributed by atoms with E-state index in [2.05, 4.69) is 33.1 Å². The molecule has 0 saturated carbocycles. The fourth-order valence-electron chi connectivity index (χ4n) is 5.30. The summed E-state index contributed by atoms with van der Waals surface area (Å²) >= 11 is 0. The summed E-state index contributed by atoms with van der Waals surface area (Å²) in [5, 5.41) is 2.81. The van der Waals surface area contributed by atoms with Gasteiger partial charge in [-0.3, -0.25) is 9.59 Å². The Balaban J connectivity index is 1.16. The van der Waals surface area contributed by atoms with E-state index in [4.69, 9.17) is 0 Å². The van der Waals surface area contributed by atoms with Crippen LogP contribution < -0.4 is 15.1 Å². The number of aryl methyl sites for hydroxylation is 2. The van der Waals surface area contributed by atoms with Crippen LogP contribution in [0.1, 0.15) is 21.6 Å². The summed E-state index contributed by atoms with van der Waals surface area (Å²) in [5.41, 5.74) is 6.82. The van der Waals surface area contributed by atoms with Gasteiger partial charge in [0.05, 0.1) is 0 Å². The van der Waals surface area contributed by atoms with E-state index in [1.54, 1.807) is 4.40 Å². The van der Waals surface area contributed by atoms with E-state index in [-0.39, 0.29) is 0 Å². The topological polar surface area (TPSA) is 70.0 Å². The Morgan fingerprint density at radius 2 is 1.48 bits per heavy atom. The third-order valence-electron chi connectivity index (χ3n) is 7.43. The summed E-state index contributed by atoms with van der Waals surface area (Å²) in [6.07, 6.45) is 3.71. The molecule has 4 heterocycles. The molecule has 1 amide bonds. The number of aromatic nitrogens is 2. The number of nitrogens with one attached hydrogen (secondary N) is 1. The molecule has 1 N–H and O–H groups in total. The zero-order chi connectivity index (χ0) is 27.6. The van der Waals surface area contributed by atoms with Gasteiger partial charge in [0.25, 0.3) is 11.7 Å². The number of amides is 1. The molecule has 5 aromatic rings. The molecular weight excluding hydrogens is 498 g/mol. The molecule has 1 saturated heterocycles. The lowest BCUT2D eigenvalue weighted by Gasteiger charge is -2.36. The van der Waals surface area contributed by atoms with E-state index in [0.29, 0.717) is 11.4 Å². The predicted octanol–water partition coefficient (Wildman–Crippen LogP) is 5.77. The van der Waals surface area contributed by atoms with Gasteiger partial charge in [-0.25, -0.2) is 4.98 Å². The third-order valence-corrected chi connectivity index (χ3v) is 7.43. The number of fused-ring (bicyclic) bond motifs is 1. The van der Waals surface area contributed by atoms with Crippen molar-refractivity contribution in [3.05, 3.63) is 114 Å². The van der Waals surface area contributed by atoms with Gasteiger partial charge in [0.2, 0.25) is 0 Å². The standard InChI is InChI=1S/C33H31N5O2/c1-23-12-14-34-30(21-23)37-18-16-36(17-19-37)27-10-8-26(9-11-27)35-33(40)32(39)31-29(25-6-4-3-5-7-25)22-28-20-24(2)13-15-38(28)31/h3-15,20-22H,16-19H2,1-2H3,(H,35,40). The molecule has 6 rings (SSSR count). The Hall–Kier alpha value is -4.91. The lowest BCUT2D eigenvalue weighted by atomic mass is 10.0. The van der Waals surface area contributed by atoms with Crippen molar-refractivity contribution < 1.29 is 9.59 Å². The number of anilines is 3. The fourth-order valence-corrected chi connectivity index (χ4v) is 5.30. The molecule has 0 aliphatic carbocycles. The van der Waals surface area contributed by atoms with Crippen molar-refractivity contribution in [3.63, 3.8) is 0 Å². The molecule has 40 heavy (non-hydrogen) atoms. The number of nitrogens with zero attached hydrogens (tertiary/aromatic N) is 4. The largest absolute Gasteiger partial charge is 0.368 e. The molecule has 0 bridgehead atoms. The number of carbonyl (C=O) groups excluding carboxylic acids is 2. The third kappa shape index (κ3) is 5.06. The van der Waals surface area contributed by atoms with Crippen LogP contribution in [0.4, 0.5) is 17.2 Å². The predicted molar refractivity (Wildman–Crippen MR) is 160 cm³/mol. The molecule has 7 heteroatoms. The fraction of sp³-hybridized carbons (Fsp3) is 0.182. The number of rotatable bonds is 6. The number of ketones is 1. The highest BCUT2D eigenvalue weighted by Crippen LogP contribution is 2.29. The first-order valence-electron chi connectivity index (χ1n) is 13.5. The van der Waals surface area contributed by atoms with Crippen molar-refractivity contribution in [2.24, 2.45) is 0 Å². The second kappa shape index (κ2) is 10.7. The SMILES string of the molecule is Cc1ccnc(N2CCN(c3ccc(NC(=O)C(=O)c4c(-c5ccccc5)cc5cc(C)ccn45)cc3)CC2)c1. The van der Waals surface area contributed by atoms with Crippen LogP contribution in [0.5, 0.6) is 0 Å². The number of hydrogen-bond acceptors (Lipinski definition) is 5. The molecule has 0 unspecified atom stereocenters. The molecule has 1 fully saturated rings. The van der Waals surface area contributed by atoms with Crippen molar-refractivity contribution >= 4 is 34.4 Å². The summed E-state index contributed by atoms with van der Waals surface area (Å²) in [7, 11) is 0. The van der Waals surface area contributed by atoms with Gasteiger partial charge in [0.1, 0.15) is 11.5 Å². The van der Waals surface area contributed by atoms with Crippen molar-refractivity contribution in [1.29, 1.82) is 0 Å². The van der Waals surface area contributed by atoms with Crippen LogP contribution in [0.25, 0.3) is 16.6 Å². The maximum absolute atomic E-state index is 13.5. The smallest absolute Gasteiger partial charge is 0.298 e. The van der Waals surface area contributed by atoms with Gasteiger partial charge in [-0.1, -0.05) is 30.3 Å². The van der Waals surface area contributed by atoms with Gasteiger partial charge in [-0.2, -0.15) is 0 Å². The Bertz CT molecular complexity index is 1680. The zero-order valence-corrected chi connectivity index (χ0v) is 22.7. The van der Waals surface area contributed by atoms with E-state index < -0.39 is 11.7 Å². The van der Waals surface area contributed by atoms with Gasteiger partial charge >= 0.3 is 0 Å². The highest BCUT2D eigenvalue weighted by atomic mass is 16.2. The van der Waals surface area contributed by atoms with Gasteiger partial charge in [-0.15, -0.1) is 0 Å². The van der Waals surface area contributed by atoms with Crippen LogP contribution in [-0.2, 0) is 4.79 Å². The van der Waals surface area contributed by atoms with Crippen LogP contribution in [0, 0.1) is 13.8 Å². The van der Waals surface area contributed by atoms with E-state index in [1.165, 1.54) is 5.56 Å². The van der Waals surface area contributed by atoms with Gasteiger partial charge in [0, 0.05) is 61.0 Å². The Morgan fingerprint density at radius 1 is 0.775 bits per heavy atom. The highest BCUT2D eigenvalue weighted by molar-refractivity contribution is 6.47. The second-order valence-corrected chi connectivity index (χ2v) is 10.3. The summed E-state index contributed by atoms with van der Waals surface area (Å²) < 4.78 is 1.80. The molecule has 3 aromatic heterocycles. The van der Waals surface area contributed by atoms with Crippen molar-refractivity contribution in [2.75, 3.05) is 41.3 Å². The normalized spacial score (nSPS) is 13.4. The lowest BCUT2D eigenvalue weighted by Crippen LogP contribution is -2.46. The summed E-state index contributed by atoms with van der Waals surface area (Å²) in [5.74, 6) is -0.221. The average Bonchev–Trinajstić information content (AvgIpc) is 3.36. The summed E-state index contributed by atoms with van der Waals surface area (Å²) in [6, 6.07) is 27.4. The minimum atomic E-state index is -0.662. The van der Waals surface area contributed by atoms with E-state index in [1.807, 2.05) is 98.2 Å². The zero-order valence-electron chi connectivity index (χ0n) is 22.7. The van der Waals surface area contributed by atoms with Gasteiger partial charge in [-0.05, 0) is 85.1 Å². The van der Waals surface area contributed by atoms with E-state index in [9.17, 15) is 9.59 Å². The van der Waals surface area contributed by atoms with Crippen molar-refractivity contribution in [2.45, 2.75) is 13.8 Å². The minimum absolute atomic E-state index is 0.358. The van der Waals surface area contributed by atoms with E-state index >= 15 is 0 Å². The maximum atomic E-state index is 13.5. The quantitative estimate of drug-likeness (QED) is 0.224. The molecule has 1 aliphatic rings. The highest BCUT2D eigenvalue weighted by Gasteiger charge is 2.25. The van der Waals surface area contributed by atoms with Crippen LogP contribution in [0.15, 0.2) is 97.3 Å². The van der Waals surface area contributed by atoms with Crippen LogP contribution in [0.3, 0.4) is 0 Å². The Morgan fingerprint density at radius 3 is 2.20 bits per heavy atom. The molecule has 200 valence electrons. The van der Waals surface area contributed by atoms with Crippen molar-refractivity contribution in [1.82, 2.24) is 9.38 Å². The second-order valence-electron chi connectivity index (χ2n) is 10.3. The molecule has 0 atom stereocenters. The van der Waals surface area contributed by atoms with Crippen molar-refractivity contribution in [3.8, 4) is 11.1 Å². The van der Waals surface area contributed by atoms with E-state index in [0.717, 1.165) is 59.9 Å². The molecular formula is C33H31N5O2. The van der Waals surface area contributed by atoms with Gasteiger partial charge < -0.3 is 19.5 Å². The molecule has 0 radical (unpaired) electrons. The molecule has 2 aromatic carbocycles. The Labute approximate surface area is 233 Å². The number of piperazine rings is 1. The number of carbonyl (C=O) groups is 2. The summed E-state index contributed by atoms with van der Waals surface area (Å²) in [4.78, 5) is 35.9. The lowest BCUT2D eigenvalue weighted by molar-refractivity contribution is -0.112. The number of hydrogen-bond donors (Lipinski definition) is 1. The van der Waals surface area contributed by atoms with Crippen LogP contribution in [-0.4, -0.2) is 47.3 Å².